The van der Waals surface area contributed by atoms with E-state index >= 15 is 0 Å². The van der Waals surface area contributed by atoms with Crippen LogP contribution in [0.15, 0.2) is 0 Å². The molecule has 7 nitrogen and oxygen atoms in total. The molecular formula is C14H24N2O5. The van der Waals surface area contributed by atoms with Gasteiger partial charge in [0.25, 0.3) is 0 Å². The van der Waals surface area contributed by atoms with Crippen molar-refractivity contribution in [2.45, 2.75) is 56.1 Å². The summed E-state index contributed by atoms with van der Waals surface area (Å²) in [5.41, 5.74) is 0. The van der Waals surface area contributed by atoms with Gasteiger partial charge in [0, 0.05) is 38.0 Å². The van der Waals surface area contributed by atoms with Crippen molar-refractivity contribution >= 4 is 6.09 Å². The highest BCUT2D eigenvalue weighted by molar-refractivity contribution is 5.65. The Morgan fingerprint density at radius 2 is 1.86 bits per heavy atom. The van der Waals surface area contributed by atoms with Crippen molar-refractivity contribution in [1.29, 1.82) is 0 Å². The van der Waals surface area contributed by atoms with E-state index in [1.165, 1.54) is 4.90 Å². The Hall–Kier alpha value is -0.890. The lowest BCUT2D eigenvalue weighted by Gasteiger charge is -2.42. The molecule has 0 aromatic carbocycles. The summed E-state index contributed by atoms with van der Waals surface area (Å²) >= 11 is 0. The van der Waals surface area contributed by atoms with Gasteiger partial charge in [-0.05, 0) is 19.3 Å². The molecule has 2 heterocycles. The molecule has 1 saturated carbocycles. The highest BCUT2D eigenvalue weighted by Gasteiger charge is 2.45. The quantitative estimate of drug-likeness (QED) is 0.683. The van der Waals surface area contributed by atoms with Crippen LogP contribution in [0, 0.1) is 0 Å². The number of carboxylic acid groups (broad SMARTS) is 1. The Morgan fingerprint density at radius 3 is 2.48 bits per heavy atom. The van der Waals surface area contributed by atoms with Crippen LogP contribution in [0.4, 0.5) is 4.79 Å². The number of piperidine rings is 1. The minimum Gasteiger partial charge on any atom is -0.465 e. The van der Waals surface area contributed by atoms with Crippen LogP contribution in [0.5, 0.6) is 0 Å². The number of amides is 1. The van der Waals surface area contributed by atoms with E-state index in [1.54, 1.807) is 0 Å². The molecule has 0 radical (unpaired) electrons. The molecule has 120 valence electrons. The summed E-state index contributed by atoms with van der Waals surface area (Å²) in [6.07, 6.45) is 2.40. The van der Waals surface area contributed by atoms with Crippen molar-refractivity contribution in [3.63, 3.8) is 0 Å². The number of hydrogen-bond donors (Lipinski definition) is 3. The summed E-state index contributed by atoms with van der Waals surface area (Å²) in [7, 11) is 0. The number of aliphatic hydroxyl groups is 1. The van der Waals surface area contributed by atoms with Crippen molar-refractivity contribution in [3.8, 4) is 0 Å². The first-order valence-electron chi connectivity index (χ1n) is 7.78. The Labute approximate surface area is 124 Å². The summed E-state index contributed by atoms with van der Waals surface area (Å²) in [6.45, 7) is 2.35. The Morgan fingerprint density at radius 1 is 1.19 bits per heavy atom. The third-order valence-corrected chi connectivity index (χ3v) is 4.85. The number of rotatable bonds is 2. The van der Waals surface area contributed by atoms with E-state index in [0.717, 1.165) is 19.3 Å². The van der Waals surface area contributed by atoms with Gasteiger partial charge in [0.1, 0.15) is 0 Å². The molecule has 21 heavy (non-hydrogen) atoms. The van der Waals surface area contributed by atoms with E-state index in [-0.39, 0.29) is 18.2 Å². The normalized spacial score (nSPS) is 33.5. The molecule has 2 aliphatic heterocycles. The van der Waals surface area contributed by atoms with Gasteiger partial charge in [-0.15, -0.1) is 0 Å². The molecule has 1 aliphatic carbocycles. The summed E-state index contributed by atoms with van der Waals surface area (Å²) in [5.74, 6) is -0.515. The molecule has 3 aliphatic rings. The van der Waals surface area contributed by atoms with Gasteiger partial charge in [0.15, 0.2) is 5.79 Å². The van der Waals surface area contributed by atoms with Gasteiger partial charge < -0.3 is 29.9 Å². The molecule has 3 N–H and O–H groups in total. The molecule has 2 saturated heterocycles. The fraction of sp³-hybridized carbons (Fsp3) is 0.929. The molecule has 0 unspecified atom stereocenters. The smallest absolute Gasteiger partial charge is 0.407 e. The van der Waals surface area contributed by atoms with Crippen LogP contribution in [0.1, 0.15) is 32.1 Å². The highest BCUT2D eigenvalue weighted by Crippen LogP contribution is 2.36. The molecule has 7 heteroatoms. The topological polar surface area (TPSA) is 91.3 Å². The third kappa shape index (κ3) is 3.31. The summed E-state index contributed by atoms with van der Waals surface area (Å²) in [5, 5.41) is 22.7. The molecule has 1 spiro atoms. The van der Waals surface area contributed by atoms with Crippen molar-refractivity contribution in [2.24, 2.45) is 0 Å². The van der Waals surface area contributed by atoms with Crippen LogP contribution in [0.25, 0.3) is 0 Å². The number of aliphatic hydroxyl groups excluding tert-OH is 1. The van der Waals surface area contributed by atoms with E-state index < -0.39 is 11.9 Å². The van der Waals surface area contributed by atoms with E-state index in [2.05, 4.69) is 5.32 Å². The molecule has 2 atom stereocenters. The van der Waals surface area contributed by atoms with E-state index in [4.69, 9.17) is 14.6 Å². The van der Waals surface area contributed by atoms with E-state index in [9.17, 15) is 9.90 Å². The fourth-order valence-corrected chi connectivity index (χ4v) is 3.61. The first-order valence-corrected chi connectivity index (χ1v) is 7.78. The second-order valence-corrected chi connectivity index (χ2v) is 6.23. The van der Waals surface area contributed by atoms with Gasteiger partial charge in [-0.2, -0.15) is 0 Å². The summed E-state index contributed by atoms with van der Waals surface area (Å²) in [6, 6.07) is 0.204. The highest BCUT2D eigenvalue weighted by atomic mass is 16.7. The molecule has 1 amide bonds. The molecule has 0 bridgehead atoms. The number of carbonyl (C=O) groups is 1. The van der Waals surface area contributed by atoms with Crippen LogP contribution in [-0.2, 0) is 9.47 Å². The molecule has 0 aromatic rings. The number of ether oxygens (including phenoxy) is 2. The van der Waals surface area contributed by atoms with Gasteiger partial charge in [0.2, 0.25) is 0 Å². The lowest BCUT2D eigenvalue weighted by atomic mass is 9.86. The zero-order valence-corrected chi connectivity index (χ0v) is 12.2. The minimum absolute atomic E-state index is 0.0433. The lowest BCUT2D eigenvalue weighted by molar-refractivity contribution is -0.195. The first-order chi connectivity index (χ1) is 10.1. The first kappa shape index (κ1) is 15.0. The number of nitrogens with one attached hydrogen (secondary N) is 1. The summed E-state index contributed by atoms with van der Waals surface area (Å²) < 4.78 is 11.5. The molecule has 3 fully saturated rings. The maximum atomic E-state index is 10.9. The van der Waals surface area contributed by atoms with Gasteiger partial charge in [0.05, 0.1) is 19.3 Å². The average molecular weight is 300 g/mol. The van der Waals surface area contributed by atoms with Crippen molar-refractivity contribution in [2.75, 3.05) is 26.3 Å². The van der Waals surface area contributed by atoms with Gasteiger partial charge in [-0.1, -0.05) is 0 Å². The van der Waals surface area contributed by atoms with Crippen LogP contribution < -0.4 is 5.32 Å². The fourth-order valence-electron chi connectivity index (χ4n) is 3.61. The van der Waals surface area contributed by atoms with Gasteiger partial charge >= 0.3 is 6.09 Å². The zero-order valence-electron chi connectivity index (χ0n) is 12.2. The van der Waals surface area contributed by atoms with Crippen LogP contribution in [0.3, 0.4) is 0 Å². The van der Waals surface area contributed by atoms with Crippen LogP contribution in [-0.4, -0.2) is 71.5 Å². The second kappa shape index (κ2) is 6.08. The number of nitrogens with zero attached hydrogens (tertiary/aromatic N) is 1. The van der Waals surface area contributed by atoms with Crippen molar-refractivity contribution in [1.82, 2.24) is 10.2 Å². The Bertz CT molecular complexity index is 378. The summed E-state index contributed by atoms with van der Waals surface area (Å²) in [4.78, 5) is 12.3. The predicted molar refractivity (Wildman–Crippen MR) is 74.0 cm³/mol. The van der Waals surface area contributed by atoms with Crippen LogP contribution >= 0.6 is 0 Å². The average Bonchev–Trinajstić information content (AvgIpc) is 2.92. The molecular weight excluding hydrogens is 276 g/mol. The standard InChI is InChI=1S/C14H24N2O5/c17-12-1-4-14(20-7-8-21-14)9-11(12)15-10-2-5-16(6-3-10)13(18)19/h10-12,15,17H,1-9H2,(H,18,19)/t11-,12-/m1/s1. The largest absolute Gasteiger partial charge is 0.465 e. The SMILES string of the molecule is O=C(O)N1CCC(N[C@@H]2CC3(CC[C@H]2O)OCCO3)CC1. The molecule has 0 aromatic heterocycles. The monoisotopic (exact) mass is 300 g/mol. The van der Waals surface area contributed by atoms with E-state index in [1.807, 2.05) is 0 Å². The number of hydrogen-bond acceptors (Lipinski definition) is 5. The zero-order chi connectivity index (χ0) is 14.9. The Balaban J connectivity index is 1.53. The maximum Gasteiger partial charge on any atom is 0.407 e. The van der Waals surface area contributed by atoms with E-state index in [0.29, 0.717) is 39.1 Å². The lowest BCUT2D eigenvalue weighted by Crippen LogP contribution is -2.56. The number of likely N-dealkylation sites (tertiary alicyclic amines) is 1. The maximum absolute atomic E-state index is 10.9. The van der Waals surface area contributed by atoms with Gasteiger partial charge in [-0.3, -0.25) is 0 Å². The van der Waals surface area contributed by atoms with Gasteiger partial charge in [-0.25, -0.2) is 4.79 Å². The third-order valence-electron chi connectivity index (χ3n) is 4.85. The van der Waals surface area contributed by atoms with Crippen LogP contribution in [0.2, 0.25) is 0 Å². The second-order valence-electron chi connectivity index (χ2n) is 6.23. The molecule has 3 rings (SSSR count). The minimum atomic E-state index is -0.849. The Kier molecular flexibility index (Phi) is 4.35. The van der Waals surface area contributed by atoms with Crippen molar-refractivity contribution < 1.29 is 24.5 Å². The predicted octanol–water partition coefficient (Wildman–Crippen LogP) is 0.375. The van der Waals surface area contributed by atoms with Crippen molar-refractivity contribution in [3.05, 3.63) is 0 Å².